The number of nitrogens with zero attached hydrogens (tertiary/aromatic N) is 2. The van der Waals surface area contributed by atoms with Gasteiger partial charge in [-0.15, -0.1) is 11.8 Å². The lowest BCUT2D eigenvalue weighted by molar-refractivity contribution is -0.140. The van der Waals surface area contributed by atoms with E-state index in [-0.39, 0.29) is 5.88 Å². The number of aliphatic hydroxyl groups is 1. The van der Waals surface area contributed by atoms with Crippen LogP contribution in [0.2, 0.25) is 5.02 Å². The minimum Gasteiger partial charge on any atom is -0.493 e. The maximum atomic E-state index is 11.7. The Morgan fingerprint density at radius 3 is 2.79 bits per heavy atom. The first-order valence-corrected chi connectivity index (χ1v) is 11.2. The predicted octanol–water partition coefficient (Wildman–Crippen LogP) is 2.61. The molecule has 0 saturated carbocycles. The van der Waals surface area contributed by atoms with Gasteiger partial charge >= 0.3 is 5.69 Å². The second kappa shape index (κ2) is 8.12. The van der Waals surface area contributed by atoms with Gasteiger partial charge in [-0.3, -0.25) is 0 Å². The van der Waals surface area contributed by atoms with Crippen molar-refractivity contribution in [1.82, 2.24) is 14.9 Å². The fourth-order valence-electron chi connectivity index (χ4n) is 3.75. The van der Waals surface area contributed by atoms with Crippen molar-refractivity contribution >= 4 is 50.2 Å². The number of fused-ring (bicyclic) bond motifs is 1. The maximum absolute atomic E-state index is 11.7. The van der Waals surface area contributed by atoms with E-state index in [0.717, 1.165) is 39.1 Å². The molecule has 2 aliphatic rings. The topological polar surface area (TPSA) is 98.7 Å². The second-order valence-electron chi connectivity index (χ2n) is 7.55. The van der Waals surface area contributed by atoms with E-state index in [1.165, 1.54) is 11.8 Å². The number of aliphatic hydroxyl groups excluding tert-OH is 1. The largest absolute Gasteiger partial charge is 0.493 e. The van der Waals surface area contributed by atoms with Gasteiger partial charge in [-0.05, 0) is 47.9 Å². The summed E-state index contributed by atoms with van der Waals surface area (Å²) in [7, 11) is 0. The number of ether oxygens (including phenoxy) is 1. The average Bonchev–Trinajstić information content (AvgIpc) is 2.62. The van der Waals surface area contributed by atoms with E-state index < -0.39 is 11.8 Å². The number of aromatic nitrogens is 2. The third-order valence-electron chi connectivity index (χ3n) is 5.48. The third kappa shape index (κ3) is 4.06. The molecule has 152 valence electrons. The zero-order chi connectivity index (χ0) is 19.9. The van der Waals surface area contributed by atoms with Crippen molar-refractivity contribution in [3.63, 3.8) is 0 Å². The number of hydrogen-bond donors (Lipinski definition) is 3. The molecule has 4 rings (SSSR count). The summed E-state index contributed by atoms with van der Waals surface area (Å²) >= 11 is 11.1. The summed E-state index contributed by atoms with van der Waals surface area (Å²) in [5.74, 6) is 0.0713. The third-order valence-corrected chi connectivity index (χ3v) is 8.34. The van der Waals surface area contributed by atoms with Gasteiger partial charge in [0.05, 0.1) is 39.7 Å². The summed E-state index contributed by atoms with van der Waals surface area (Å²) in [6.45, 7) is 4.29. The Bertz CT molecular complexity index is 943. The number of rotatable bonds is 5. The Morgan fingerprint density at radius 1 is 1.43 bits per heavy atom. The summed E-state index contributed by atoms with van der Waals surface area (Å²) in [5.41, 5.74) is 0.197. The van der Waals surface area contributed by atoms with Crippen molar-refractivity contribution in [2.24, 2.45) is 5.41 Å². The van der Waals surface area contributed by atoms with Crippen LogP contribution >= 0.6 is 39.3 Å². The molecule has 0 bridgehead atoms. The van der Waals surface area contributed by atoms with Gasteiger partial charge in [0.15, 0.2) is 0 Å². The number of aromatic hydroxyl groups is 1. The minimum absolute atomic E-state index is 0.363. The lowest BCUT2D eigenvalue weighted by Crippen LogP contribution is -2.52. The van der Waals surface area contributed by atoms with Gasteiger partial charge in [-0.25, -0.2) is 4.79 Å². The molecular formula is C18H21BrClN3O4S. The van der Waals surface area contributed by atoms with Crippen LogP contribution in [0.3, 0.4) is 0 Å². The summed E-state index contributed by atoms with van der Waals surface area (Å²) in [4.78, 5) is 20.8. The van der Waals surface area contributed by atoms with Crippen molar-refractivity contribution in [2.45, 2.75) is 23.8 Å². The van der Waals surface area contributed by atoms with E-state index in [1.807, 2.05) is 0 Å². The summed E-state index contributed by atoms with van der Waals surface area (Å²) in [6, 6.07) is 1.55. The molecular weight excluding hydrogens is 470 g/mol. The molecule has 0 amide bonds. The Balaban J connectivity index is 1.43. The van der Waals surface area contributed by atoms with Crippen LogP contribution in [-0.4, -0.2) is 69.8 Å². The van der Waals surface area contributed by atoms with E-state index in [9.17, 15) is 15.0 Å². The predicted molar refractivity (Wildman–Crippen MR) is 112 cm³/mol. The molecule has 2 saturated heterocycles. The highest BCUT2D eigenvalue weighted by Gasteiger charge is 2.41. The number of halogens is 2. The van der Waals surface area contributed by atoms with Gasteiger partial charge in [-0.1, -0.05) is 11.6 Å². The van der Waals surface area contributed by atoms with E-state index >= 15 is 0 Å². The average molecular weight is 491 g/mol. The van der Waals surface area contributed by atoms with Crippen LogP contribution in [0.25, 0.3) is 10.9 Å². The van der Waals surface area contributed by atoms with Gasteiger partial charge in [0.2, 0.25) is 5.88 Å². The molecule has 3 N–H and O–H groups in total. The standard InChI is InChI=1S/C18H21BrClN3O4S/c19-13-12(20)5-11-14(21-17(26)22-16(11)25)15(13)28-7-10(24)6-23-3-1-18(2-4-23)8-27-9-18/h5,10,24H,1-4,6-9H2,(H2,21,22,25,26)/t10-/m1/s1. The van der Waals surface area contributed by atoms with Crippen molar-refractivity contribution in [3.8, 4) is 5.88 Å². The zero-order valence-electron chi connectivity index (χ0n) is 15.1. The van der Waals surface area contributed by atoms with Crippen molar-refractivity contribution < 1.29 is 14.9 Å². The van der Waals surface area contributed by atoms with E-state index in [1.54, 1.807) is 6.07 Å². The van der Waals surface area contributed by atoms with Crippen LogP contribution in [0.1, 0.15) is 12.8 Å². The number of nitrogens with one attached hydrogen (secondary N) is 1. The van der Waals surface area contributed by atoms with E-state index in [2.05, 4.69) is 30.8 Å². The van der Waals surface area contributed by atoms with E-state index in [4.69, 9.17) is 16.3 Å². The van der Waals surface area contributed by atoms with Crippen molar-refractivity contribution in [3.05, 3.63) is 26.0 Å². The molecule has 28 heavy (non-hydrogen) atoms. The second-order valence-corrected chi connectivity index (χ2v) is 9.78. The molecule has 2 aliphatic heterocycles. The molecule has 0 unspecified atom stereocenters. The van der Waals surface area contributed by atoms with Crippen molar-refractivity contribution in [2.75, 3.05) is 38.6 Å². The fourth-order valence-corrected chi connectivity index (χ4v) is 5.67. The Hall–Kier alpha value is -0.840. The molecule has 0 radical (unpaired) electrons. The van der Waals surface area contributed by atoms with Crippen LogP contribution in [0, 0.1) is 5.41 Å². The van der Waals surface area contributed by atoms with Gasteiger partial charge in [0.1, 0.15) is 0 Å². The van der Waals surface area contributed by atoms with Crippen LogP contribution < -0.4 is 5.69 Å². The van der Waals surface area contributed by atoms with Crippen LogP contribution in [-0.2, 0) is 4.74 Å². The first-order chi connectivity index (χ1) is 13.4. The van der Waals surface area contributed by atoms with E-state index in [0.29, 0.717) is 43.0 Å². The highest BCUT2D eigenvalue weighted by atomic mass is 79.9. The molecule has 1 aromatic carbocycles. The number of benzene rings is 1. The van der Waals surface area contributed by atoms with Gasteiger partial charge < -0.3 is 24.8 Å². The number of H-pyrrole nitrogens is 1. The smallest absolute Gasteiger partial charge is 0.348 e. The first kappa shape index (κ1) is 20.4. The molecule has 7 nitrogen and oxygen atoms in total. The number of piperidine rings is 1. The summed E-state index contributed by atoms with van der Waals surface area (Å²) in [5, 5.41) is 21.3. The number of aromatic amines is 1. The Labute approximate surface area is 179 Å². The summed E-state index contributed by atoms with van der Waals surface area (Å²) < 4.78 is 5.97. The number of β-amino-alcohol motifs (C(OH)–C–C–N with tert-alkyl or cyclic N) is 1. The normalized spacial score (nSPS) is 20.4. The monoisotopic (exact) mass is 489 g/mol. The lowest BCUT2D eigenvalue weighted by atomic mass is 9.77. The molecule has 0 aliphatic carbocycles. The SMILES string of the molecule is O=c1nc(O)c2cc(Cl)c(Br)c(SC[C@H](O)CN3CCC4(CC3)COC4)c2[nH]1. The Kier molecular flexibility index (Phi) is 5.93. The highest BCUT2D eigenvalue weighted by molar-refractivity contribution is 9.10. The molecule has 2 aromatic rings. The van der Waals surface area contributed by atoms with Gasteiger partial charge in [0.25, 0.3) is 0 Å². The molecule has 10 heteroatoms. The van der Waals surface area contributed by atoms with Gasteiger partial charge in [0, 0.05) is 22.6 Å². The minimum atomic E-state index is -0.635. The fraction of sp³-hybridized carbons (Fsp3) is 0.556. The zero-order valence-corrected chi connectivity index (χ0v) is 18.2. The molecule has 2 fully saturated rings. The number of hydrogen-bond acceptors (Lipinski definition) is 7. The Morgan fingerprint density at radius 2 is 2.14 bits per heavy atom. The quantitative estimate of drug-likeness (QED) is 0.554. The van der Waals surface area contributed by atoms with Crippen LogP contribution in [0.4, 0.5) is 0 Å². The maximum Gasteiger partial charge on any atom is 0.348 e. The van der Waals surface area contributed by atoms with Gasteiger partial charge in [-0.2, -0.15) is 4.98 Å². The van der Waals surface area contributed by atoms with Crippen LogP contribution in [0.15, 0.2) is 20.2 Å². The van der Waals surface area contributed by atoms with Crippen molar-refractivity contribution in [1.29, 1.82) is 0 Å². The molecule has 1 aromatic heterocycles. The molecule has 1 spiro atoms. The number of likely N-dealkylation sites (tertiary alicyclic amines) is 1. The lowest BCUT2D eigenvalue weighted by Gasteiger charge is -2.47. The summed E-state index contributed by atoms with van der Waals surface area (Å²) in [6.07, 6.45) is 1.70. The highest BCUT2D eigenvalue weighted by Crippen LogP contribution is 2.41. The molecule has 3 heterocycles. The van der Waals surface area contributed by atoms with Crippen LogP contribution in [0.5, 0.6) is 5.88 Å². The molecule has 1 atom stereocenters. The first-order valence-electron chi connectivity index (χ1n) is 9.09. The number of thioether (sulfide) groups is 1.